The van der Waals surface area contributed by atoms with Crippen LogP contribution in [0.2, 0.25) is 0 Å². The highest BCUT2D eigenvalue weighted by Crippen LogP contribution is 2.18. The number of pyridine rings is 1. The zero-order chi connectivity index (χ0) is 9.42. The predicted molar refractivity (Wildman–Crippen MR) is 49.4 cm³/mol. The minimum absolute atomic E-state index is 0.190. The maximum atomic E-state index is 11.5. The van der Waals surface area contributed by atoms with E-state index in [-0.39, 0.29) is 5.91 Å². The van der Waals surface area contributed by atoms with E-state index in [0.29, 0.717) is 18.1 Å². The average molecular weight is 173 g/mol. The molecule has 0 saturated heterocycles. The summed E-state index contributed by atoms with van der Waals surface area (Å²) >= 11 is 0. The summed E-state index contributed by atoms with van der Waals surface area (Å²) in [5.74, 6) is 0.419. The summed E-state index contributed by atoms with van der Waals surface area (Å²) < 4.78 is 0. The zero-order valence-corrected chi connectivity index (χ0v) is 7.24. The lowest BCUT2D eigenvalue weighted by Gasteiger charge is -2.26. The molecule has 5 heteroatoms. The minimum Gasteiger partial charge on any atom is -0.376 e. The summed E-state index contributed by atoms with van der Waals surface area (Å²) in [6.45, 7) is 2.19. The Hall–Kier alpha value is -1.52. The number of nitrogens with zero attached hydrogens (tertiary/aromatic N) is 2. The van der Waals surface area contributed by atoms with Gasteiger partial charge in [0.1, 0.15) is 5.82 Å². The monoisotopic (exact) mass is 173 g/mol. The van der Waals surface area contributed by atoms with Gasteiger partial charge in [0.25, 0.3) is 0 Å². The SMILES string of the molecule is [B]N1CNc2ncc(C)cc2C1=O. The number of nitrogens with one attached hydrogen (secondary N) is 1. The van der Waals surface area contributed by atoms with Crippen LogP contribution in [0.4, 0.5) is 5.82 Å². The molecule has 1 aromatic heterocycles. The maximum absolute atomic E-state index is 11.5. The van der Waals surface area contributed by atoms with E-state index in [9.17, 15) is 4.79 Å². The van der Waals surface area contributed by atoms with Crippen LogP contribution in [-0.4, -0.2) is 30.4 Å². The molecule has 0 spiro atoms. The van der Waals surface area contributed by atoms with Gasteiger partial charge in [-0.15, -0.1) is 0 Å². The Bertz CT molecular complexity index is 366. The van der Waals surface area contributed by atoms with E-state index in [1.165, 1.54) is 0 Å². The fourth-order valence-electron chi connectivity index (χ4n) is 1.26. The molecule has 0 aliphatic carbocycles. The summed E-state index contributed by atoms with van der Waals surface area (Å²) in [6.07, 6.45) is 1.71. The van der Waals surface area contributed by atoms with Crippen LogP contribution in [0.3, 0.4) is 0 Å². The first-order chi connectivity index (χ1) is 6.18. The summed E-state index contributed by atoms with van der Waals surface area (Å²) in [6, 6.07) is 1.77. The third-order valence-corrected chi connectivity index (χ3v) is 1.93. The first-order valence-corrected chi connectivity index (χ1v) is 3.95. The number of hydrogen-bond acceptors (Lipinski definition) is 3. The number of fused-ring (bicyclic) bond motifs is 1. The van der Waals surface area contributed by atoms with Gasteiger partial charge < -0.3 is 10.1 Å². The second kappa shape index (κ2) is 2.76. The van der Waals surface area contributed by atoms with Gasteiger partial charge in [-0.3, -0.25) is 4.79 Å². The normalized spacial score (nSPS) is 15.2. The van der Waals surface area contributed by atoms with E-state index in [4.69, 9.17) is 7.98 Å². The molecule has 13 heavy (non-hydrogen) atoms. The van der Waals surface area contributed by atoms with Crippen molar-refractivity contribution in [3.63, 3.8) is 0 Å². The van der Waals surface area contributed by atoms with Gasteiger partial charge >= 0.3 is 0 Å². The summed E-state index contributed by atoms with van der Waals surface area (Å²) in [4.78, 5) is 16.7. The largest absolute Gasteiger partial charge is 0.376 e. The molecule has 2 rings (SSSR count). The minimum atomic E-state index is -0.190. The zero-order valence-electron chi connectivity index (χ0n) is 7.24. The smallest absolute Gasteiger partial charge is 0.246 e. The molecule has 0 unspecified atom stereocenters. The first-order valence-electron chi connectivity index (χ1n) is 3.95. The Morgan fingerprint density at radius 1 is 1.69 bits per heavy atom. The molecule has 1 aliphatic rings. The molecule has 0 bridgehead atoms. The van der Waals surface area contributed by atoms with Crippen LogP contribution >= 0.6 is 0 Å². The Balaban J connectivity index is 2.51. The van der Waals surface area contributed by atoms with Gasteiger partial charge in [-0.05, 0) is 18.6 Å². The molecule has 4 nitrogen and oxygen atoms in total. The lowest BCUT2D eigenvalue weighted by Crippen LogP contribution is -2.38. The molecule has 1 aliphatic heterocycles. The van der Waals surface area contributed by atoms with Crippen LogP contribution in [0.25, 0.3) is 0 Å². The summed E-state index contributed by atoms with van der Waals surface area (Å²) in [5.41, 5.74) is 1.48. The van der Waals surface area contributed by atoms with Gasteiger partial charge in [0.05, 0.1) is 12.2 Å². The molecular weight excluding hydrogens is 165 g/mol. The molecule has 2 radical (unpaired) electrons. The van der Waals surface area contributed by atoms with Crippen LogP contribution < -0.4 is 5.32 Å². The lowest BCUT2D eigenvalue weighted by molar-refractivity contribution is 0.0862. The highest BCUT2D eigenvalue weighted by atomic mass is 16.2. The van der Waals surface area contributed by atoms with Crippen molar-refractivity contribution in [1.82, 2.24) is 9.79 Å². The molecule has 2 heterocycles. The number of aromatic nitrogens is 1. The molecule has 0 atom stereocenters. The molecule has 1 aromatic rings. The molecule has 0 saturated carbocycles. The number of aryl methyl sites for hydroxylation is 1. The molecular formula is C8H8BN3O. The summed E-state index contributed by atoms with van der Waals surface area (Å²) in [5, 5.41) is 2.94. The van der Waals surface area contributed by atoms with Gasteiger partial charge in [-0.1, -0.05) is 0 Å². The fraction of sp³-hybridized carbons (Fsp3) is 0.250. The second-order valence-corrected chi connectivity index (χ2v) is 3.02. The first kappa shape index (κ1) is 8.10. The van der Waals surface area contributed by atoms with E-state index < -0.39 is 0 Å². The van der Waals surface area contributed by atoms with Gasteiger partial charge in [0, 0.05) is 6.20 Å². The van der Waals surface area contributed by atoms with Gasteiger partial charge in [0.15, 0.2) is 0 Å². The third-order valence-electron chi connectivity index (χ3n) is 1.93. The Morgan fingerprint density at radius 3 is 3.23 bits per heavy atom. The topological polar surface area (TPSA) is 45.2 Å². The number of rotatable bonds is 0. The standard InChI is InChI=1S/C8H8BN3O/c1-5-2-6-7(10-3-5)11-4-12(9)8(6)13/h2-3H,4H2,1H3,(H,10,11). The van der Waals surface area contributed by atoms with Crippen LogP contribution in [0.1, 0.15) is 15.9 Å². The van der Waals surface area contributed by atoms with E-state index in [1.807, 2.05) is 6.92 Å². The number of carbonyl (C=O) groups excluding carboxylic acids is 1. The predicted octanol–water partition coefficient (Wildman–Crippen LogP) is 0.299. The average Bonchev–Trinajstić information content (AvgIpc) is 2.12. The van der Waals surface area contributed by atoms with Crippen molar-refractivity contribution in [3.05, 3.63) is 23.4 Å². The number of hydrogen-bond donors (Lipinski definition) is 1. The van der Waals surface area contributed by atoms with E-state index in [1.54, 1.807) is 12.3 Å². The van der Waals surface area contributed by atoms with Crippen LogP contribution in [-0.2, 0) is 0 Å². The van der Waals surface area contributed by atoms with Gasteiger partial charge in [0.2, 0.25) is 13.9 Å². The van der Waals surface area contributed by atoms with Crippen molar-refractivity contribution in [2.75, 3.05) is 12.0 Å². The fourth-order valence-corrected chi connectivity index (χ4v) is 1.26. The Morgan fingerprint density at radius 2 is 2.46 bits per heavy atom. The molecule has 64 valence electrons. The van der Waals surface area contributed by atoms with Crippen molar-refractivity contribution in [2.45, 2.75) is 6.92 Å². The Labute approximate surface area is 77.4 Å². The number of amides is 1. The number of anilines is 1. The molecule has 0 aromatic carbocycles. The highest BCUT2D eigenvalue weighted by Gasteiger charge is 2.21. The van der Waals surface area contributed by atoms with Crippen LogP contribution in [0.15, 0.2) is 12.3 Å². The molecule has 0 fully saturated rings. The van der Waals surface area contributed by atoms with Crippen LogP contribution in [0.5, 0.6) is 0 Å². The summed E-state index contributed by atoms with van der Waals surface area (Å²) in [7, 11) is 5.44. The van der Waals surface area contributed by atoms with Crippen molar-refractivity contribution in [1.29, 1.82) is 0 Å². The van der Waals surface area contributed by atoms with Crippen molar-refractivity contribution < 1.29 is 4.79 Å². The molecule has 1 amide bonds. The third kappa shape index (κ3) is 1.26. The highest BCUT2D eigenvalue weighted by molar-refractivity contribution is 6.20. The maximum Gasteiger partial charge on any atom is 0.246 e. The van der Waals surface area contributed by atoms with Gasteiger partial charge in [-0.25, -0.2) is 4.98 Å². The number of carbonyl (C=O) groups is 1. The molecule has 1 N–H and O–H groups in total. The van der Waals surface area contributed by atoms with Crippen molar-refractivity contribution >= 4 is 19.7 Å². The van der Waals surface area contributed by atoms with Crippen molar-refractivity contribution in [2.24, 2.45) is 0 Å². The Kier molecular flexibility index (Phi) is 1.72. The van der Waals surface area contributed by atoms with E-state index >= 15 is 0 Å². The van der Waals surface area contributed by atoms with E-state index in [0.717, 1.165) is 10.4 Å². The second-order valence-electron chi connectivity index (χ2n) is 3.02. The van der Waals surface area contributed by atoms with Gasteiger partial charge in [-0.2, -0.15) is 0 Å². The van der Waals surface area contributed by atoms with Crippen molar-refractivity contribution in [3.8, 4) is 0 Å². The lowest BCUT2D eigenvalue weighted by atomic mass is 10.1. The quantitative estimate of drug-likeness (QED) is 0.573. The van der Waals surface area contributed by atoms with E-state index in [2.05, 4.69) is 10.3 Å². The van der Waals surface area contributed by atoms with Crippen LogP contribution in [0, 0.1) is 6.92 Å².